The van der Waals surface area contributed by atoms with Crippen molar-refractivity contribution in [3.8, 4) is 5.75 Å². The van der Waals surface area contributed by atoms with E-state index in [9.17, 15) is 14.9 Å². The van der Waals surface area contributed by atoms with E-state index in [2.05, 4.69) is 15.9 Å². The molecular formula is C9H9BrN2O4. The predicted molar refractivity (Wildman–Crippen MR) is 62.2 cm³/mol. The van der Waals surface area contributed by atoms with Gasteiger partial charge in [-0.3, -0.25) is 14.9 Å². The van der Waals surface area contributed by atoms with Gasteiger partial charge in [0, 0.05) is 6.07 Å². The van der Waals surface area contributed by atoms with Gasteiger partial charge in [-0.2, -0.15) is 0 Å². The molecule has 0 amide bonds. The van der Waals surface area contributed by atoms with Crippen molar-refractivity contribution in [2.24, 2.45) is 0 Å². The van der Waals surface area contributed by atoms with Crippen molar-refractivity contribution in [2.75, 3.05) is 18.2 Å². The van der Waals surface area contributed by atoms with E-state index in [1.54, 1.807) is 0 Å². The van der Waals surface area contributed by atoms with Crippen LogP contribution in [0.2, 0.25) is 0 Å². The van der Waals surface area contributed by atoms with Crippen LogP contribution in [0.15, 0.2) is 12.1 Å². The second-order valence-electron chi connectivity index (χ2n) is 2.89. The molecule has 0 aliphatic rings. The van der Waals surface area contributed by atoms with Gasteiger partial charge in [-0.1, -0.05) is 15.9 Å². The molecule has 0 radical (unpaired) electrons. The number of carbonyl (C=O) groups excluding carboxylic acids is 1. The van der Waals surface area contributed by atoms with Gasteiger partial charge in [-0.25, -0.2) is 0 Å². The van der Waals surface area contributed by atoms with Crippen molar-refractivity contribution in [3.05, 3.63) is 27.8 Å². The van der Waals surface area contributed by atoms with Crippen molar-refractivity contribution in [1.82, 2.24) is 0 Å². The summed E-state index contributed by atoms with van der Waals surface area (Å²) in [5.74, 6) is -0.210. The topological polar surface area (TPSA) is 95.5 Å². The third kappa shape index (κ3) is 2.13. The van der Waals surface area contributed by atoms with E-state index in [1.165, 1.54) is 19.2 Å². The fourth-order valence-corrected chi connectivity index (χ4v) is 1.56. The fourth-order valence-electron chi connectivity index (χ4n) is 1.28. The number of nitro groups is 1. The molecule has 0 aliphatic heterocycles. The SMILES string of the molecule is COc1ccc([N+](=O)[O-])c(C(=O)CBr)c1N. The van der Waals surface area contributed by atoms with Gasteiger partial charge in [-0.15, -0.1) is 0 Å². The summed E-state index contributed by atoms with van der Waals surface area (Å²) in [6, 6.07) is 2.56. The van der Waals surface area contributed by atoms with E-state index < -0.39 is 10.7 Å². The van der Waals surface area contributed by atoms with Crippen molar-refractivity contribution in [2.45, 2.75) is 0 Å². The molecule has 16 heavy (non-hydrogen) atoms. The van der Waals surface area contributed by atoms with Crippen LogP contribution in [-0.4, -0.2) is 23.1 Å². The maximum absolute atomic E-state index is 11.5. The Kier molecular flexibility index (Phi) is 3.83. The van der Waals surface area contributed by atoms with Gasteiger partial charge < -0.3 is 10.5 Å². The lowest BCUT2D eigenvalue weighted by atomic mass is 10.1. The van der Waals surface area contributed by atoms with Crippen LogP contribution in [-0.2, 0) is 0 Å². The highest BCUT2D eigenvalue weighted by molar-refractivity contribution is 9.09. The third-order valence-electron chi connectivity index (χ3n) is 2.00. The Morgan fingerprint density at radius 3 is 2.69 bits per heavy atom. The monoisotopic (exact) mass is 288 g/mol. The lowest BCUT2D eigenvalue weighted by Gasteiger charge is -2.08. The molecule has 0 saturated heterocycles. The Morgan fingerprint density at radius 2 is 2.25 bits per heavy atom. The summed E-state index contributed by atoms with van der Waals surface area (Å²) >= 11 is 2.95. The third-order valence-corrected chi connectivity index (χ3v) is 2.51. The first-order valence-corrected chi connectivity index (χ1v) is 5.35. The summed E-state index contributed by atoms with van der Waals surface area (Å²) in [6.45, 7) is 0. The second-order valence-corrected chi connectivity index (χ2v) is 3.45. The molecule has 0 unspecified atom stereocenters. The first kappa shape index (κ1) is 12.4. The zero-order chi connectivity index (χ0) is 12.3. The van der Waals surface area contributed by atoms with Crippen LogP contribution >= 0.6 is 15.9 Å². The minimum atomic E-state index is -0.647. The number of hydrogen-bond acceptors (Lipinski definition) is 5. The van der Waals surface area contributed by atoms with Gasteiger partial charge in [0.1, 0.15) is 11.3 Å². The number of Topliss-reactive ketones (excluding diaryl/α,β-unsaturated/α-hetero) is 1. The van der Waals surface area contributed by atoms with Crippen LogP contribution in [0.1, 0.15) is 10.4 Å². The number of nitrogen functional groups attached to an aromatic ring is 1. The molecular weight excluding hydrogens is 280 g/mol. The molecule has 1 aromatic rings. The van der Waals surface area contributed by atoms with Crippen molar-refractivity contribution < 1.29 is 14.5 Å². The summed E-state index contributed by atoms with van der Waals surface area (Å²) < 4.78 is 4.90. The summed E-state index contributed by atoms with van der Waals surface area (Å²) in [5, 5.41) is 10.7. The van der Waals surface area contributed by atoms with Gasteiger partial charge in [-0.05, 0) is 6.07 Å². The lowest BCUT2D eigenvalue weighted by Crippen LogP contribution is -2.09. The number of benzene rings is 1. The first-order valence-electron chi connectivity index (χ1n) is 4.23. The minimum absolute atomic E-state index is 0.0128. The van der Waals surface area contributed by atoms with Crippen LogP contribution in [0.3, 0.4) is 0 Å². The maximum atomic E-state index is 11.5. The number of ether oxygens (including phenoxy) is 1. The van der Waals surface area contributed by atoms with Gasteiger partial charge in [0.05, 0.1) is 23.1 Å². The molecule has 1 aromatic carbocycles. The highest BCUT2D eigenvalue weighted by atomic mass is 79.9. The molecule has 0 fully saturated rings. The van der Waals surface area contributed by atoms with E-state index in [0.717, 1.165) is 0 Å². The number of rotatable bonds is 4. The van der Waals surface area contributed by atoms with Crippen LogP contribution < -0.4 is 10.5 Å². The Balaban J connectivity index is 3.48. The number of ketones is 1. The smallest absolute Gasteiger partial charge is 0.282 e. The first-order chi connectivity index (χ1) is 7.52. The number of nitro benzene ring substituents is 1. The predicted octanol–water partition coefficient (Wildman–Crippen LogP) is 1.76. The Labute approximate surface area is 99.7 Å². The highest BCUT2D eigenvalue weighted by Gasteiger charge is 2.24. The Hall–Kier alpha value is -1.63. The quantitative estimate of drug-likeness (QED) is 0.299. The summed E-state index contributed by atoms with van der Waals surface area (Å²) in [5.41, 5.74) is 5.18. The van der Waals surface area contributed by atoms with E-state index in [-0.39, 0.29) is 28.0 Å². The van der Waals surface area contributed by atoms with Gasteiger partial charge in [0.15, 0.2) is 5.78 Å². The van der Waals surface area contributed by atoms with Crippen molar-refractivity contribution >= 4 is 33.1 Å². The molecule has 0 aromatic heterocycles. The number of hydrogen-bond donors (Lipinski definition) is 1. The zero-order valence-corrected chi connectivity index (χ0v) is 9.98. The number of methoxy groups -OCH3 is 1. The largest absolute Gasteiger partial charge is 0.495 e. The Bertz CT molecular complexity index is 447. The van der Waals surface area contributed by atoms with E-state index >= 15 is 0 Å². The molecule has 1 rings (SSSR count). The molecule has 0 spiro atoms. The highest BCUT2D eigenvalue weighted by Crippen LogP contribution is 2.33. The average molecular weight is 289 g/mol. The normalized spacial score (nSPS) is 9.88. The molecule has 0 heterocycles. The van der Waals surface area contributed by atoms with Crippen LogP contribution in [0.4, 0.5) is 11.4 Å². The van der Waals surface area contributed by atoms with Crippen LogP contribution in [0, 0.1) is 10.1 Å². The molecule has 7 heteroatoms. The van der Waals surface area contributed by atoms with Crippen molar-refractivity contribution in [3.63, 3.8) is 0 Å². The van der Waals surface area contributed by atoms with E-state index in [1.807, 2.05) is 0 Å². The van der Waals surface area contributed by atoms with Gasteiger partial charge >= 0.3 is 0 Å². The van der Waals surface area contributed by atoms with E-state index in [0.29, 0.717) is 0 Å². The number of halogens is 1. The number of nitrogens with zero attached hydrogens (tertiary/aromatic N) is 1. The van der Waals surface area contributed by atoms with Gasteiger partial charge in [0.2, 0.25) is 0 Å². The molecule has 0 aliphatic carbocycles. The summed E-state index contributed by atoms with van der Waals surface area (Å²) in [6.07, 6.45) is 0. The number of alkyl halides is 1. The van der Waals surface area contributed by atoms with Gasteiger partial charge in [0.25, 0.3) is 5.69 Å². The lowest BCUT2D eigenvalue weighted by molar-refractivity contribution is -0.385. The minimum Gasteiger partial charge on any atom is -0.495 e. The summed E-state index contributed by atoms with van der Waals surface area (Å²) in [4.78, 5) is 21.6. The molecule has 0 saturated carbocycles. The number of carbonyl (C=O) groups is 1. The molecule has 6 nitrogen and oxygen atoms in total. The van der Waals surface area contributed by atoms with Crippen molar-refractivity contribution in [1.29, 1.82) is 0 Å². The Morgan fingerprint density at radius 1 is 1.62 bits per heavy atom. The van der Waals surface area contributed by atoms with Crippen LogP contribution in [0.5, 0.6) is 5.75 Å². The summed E-state index contributed by atoms with van der Waals surface area (Å²) in [7, 11) is 1.37. The van der Waals surface area contributed by atoms with Crippen LogP contribution in [0.25, 0.3) is 0 Å². The van der Waals surface area contributed by atoms with E-state index in [4.69, 9.17) is 10.5 Å². The average Bonchev–Trinajstić information content (AvgIpc) is 2.27. The molecule has 0 atom stereocenters. The second kappa shape index (κ2) is 4.93. The maximum Gasteiger partial charge on any atom is 0.282 e. The fraction of sp³-hybridized carbons (Fsp3) is 0.222. The standard InChI is InChI=1S/C9H9BrN2O4/c1-16-7-3-2-5(12(14)15)8(9(7)11)6(13)4-10/h2-3H,4,11H2,1H3. The molecule has 86 valence electrons. The molecule has 2 N–H and O–H groups in total. The zero-order valence-electron chi connectivity index (χ0n) is 8.40. The number of anilines is 1. The number of nitrogens with two attached hydrogens (primary N) is 1. The molecule has 0 bridgehead atoms.